The minimum absolute atomic E-state index is 0.186. The lowest BCUT2D eigenvalue weighted by molar-refractivity contribution is 0.0684. The first-order valence-corrected chi connectivity index (χ1v) is 6.79. The molecule has 0 N–H and O–H groups in total. The molecular formula is C12H11NO3S2. The van der Waals surface area contributed by atoms with Gasteiger partial charge in [0.1, 0.15) is 0 Å². The van der Waals surface area contributed by atoms with E-state index in [0.29, 0.717) is 22.1 Å². The van der Waals surface area contributed by atoms with E-state index < -0.39 is 0 Å². The average molecular weight is 281 g/mol. The summed E-state index contributed by atoms with van der Waals surface area (Å²) >= 11 is 6.11. The van der Waals surface area contributed by atoms with Crippen molar-refractivity contribution in [3.63, 3.8) is 0 Å². The number of hydrogen-bond donors (Lipinski definition) is 0. The zero-order valence-electron chi connectivity index (χ0n) is 9.71. The van der Waals surface area contributed by atoms with Gasteiger partial charge >= 0.3 is 0 Å². The lowest BCUT2D eigenvalue weighted by Gasteiger charge is -2.13. The first kappa shape index (κ1) is 13.0. The van der Waals surface area contributed by atoms with Crippen LogP contribution in [0.1, 0.15) is 27.6 Å². The molecule has 6 heteroatoms. The van der Waals surface area contributed by atoms with Crippen molar-refractivity contribution in [3.05, 3.63) is 35.4 Å². The molecule has 4 nitrogen and oxygen atoms in total. The van der Waals surface area contributed by atoms with E-state index in [1.165, 1.54) is 16.7 Å². The summed E-state index contributed by atoms with van der Waals surface area (Å²) in [5.41, 5.74) is 0.899. The molecule has 0 aromatic heterocycles. The maximum Gasteiger partial charge on any atom is 0.262 e. The molecule has 1 aliphatic rings. The third-order valence-electron chi connectivity index (χ3n) is 2.45. The molecule has 0 aliphatic carbocycles. The molecule has 94 valence electrons. The SMILES string of the molecule is CCOC(=S)SCN1C(=O)c2ccccc2C1=O. The number of carbonyl (C=O) groups is 2. The van der Waals surface area contributed by atoms with Gasteiger partial charge in [-0.15, -0.1) is 0 Å². The van der Waals surface area contributed by atoms with Crippen molar-refractivity contribution >= 4 is 40.2 Å². The summed E-state index contributed by atoms with van der Waals surface area (Å²) in [6.07, 6.45) is 0. The smallest absolute Gasteiger partial charge is 0.262 e. The maximum atomic E-state index is 12.0. The third-order valence-corrected chi connectivity index (χ3v) is 3.66. The fourth-order valence-corrected chi connectivity index (χ4v) is 2.58. The van der Waals surface area contributed by atoms with Crippen LogP contribution in [0, 0.1) is 0 Å². The maximum absolute atomic E-state index is 12.0. The van der Waals surface area contributed by atoms with Gasteiger partial charge in [0.25, 0.3) is 11.8 Å². The molecule has 1 aromatic carbocycles. The van der Waals surface area contributed by atoms with Crippen molar-refractivity contribution in [1.29, 1.82) is 0 Å². The van der Waals surface area contributed by atoms with Gasteiger partial charge in [0.2, 0.25) is 4.38 Å². The predicted molar refractivity (Wildman–Crippen MR) is 73.6 cm³/mol. The molecule has 1 heterocycles. The second-order valence-electron chi connectivity index (χ2n) is 3.54. The summed E-state index contributed by atoms with van der Waals surface area (Å²) in [6.45, 7) is 2.31. The number of ether oxygens (including phenoxy) is 1. The number of fused-ring (bicyclic) bond motifs is 1. The van der Waals surface area contributed by atoms with E-state index in [-0.39, 0.29) is 17.7 Å². The molecule has 2 rings (SSSR count). The van der Waals surface area contributed by atoms with E-state index in [1.54, 1.807) is 24.3 Å². The number of thioether (sulfide) groups is 1. The van der Waals surface area contributed by atoms with Crippen LogP contribution in [0.5, 0.6) is 0 Å². The Labute approximate surface area is 114 Å². The first-order valence-electron chi connectivity index (χ1n) is 5.40. The van der Waals surface area contributed by atoms with Crippen LogP contribution in [0.4, 0.5) is 0 Å². The van der Waals surface area contributed by atoms with Crippen molar-refractivity contribution in [3.8, 4) is 0 Å². The summed E-state index contributed by atoms with van der Waals surface area (Å²) in [6, 6.07) is 6.79. The Morgan fingerprint density at radius 2 is 1.83 bits per heavy atom. The van der Waals surface area contributed by atoms with E-state index >= 15 is 0 Å². The van der Waals surface area contributed by atoms with Crippen LogP contribution < -0.4 is 0 Å². The number of amides is 2. The van der Waals surface area contributed by atoms with E-state index in [9.17, 15) is 9.59 Å². The van der Waals surface area contributed by atoms with E-state index in [1.807, 2.05) is 6.92 Å². The molecule has 1 aliphatic heterocycles. The monoisotopic (exact) mass is 281 g/mol. The minimum atomic E-state index is -0.276. The average Bonchev–Trinajstić information content (AvgIpc) is 2.61. The molecule has 18 heavy (non-hydrogen) atoms. The quantitative estimate of drug-likeness (QED) is 0.628. The summed E-state index contributed by atoms with van der Waals surface area (Å²) in [7, 11) is 0. The highest BCUT2D eigenvalue weighted by molar-refractivity contribution is 8.22. The highest BCUT2D eigenvalue weighted by atomic mass is 32.2. The molecule has 0 saturated heterocycles. The normalized spacial score (nSPS) is 13.7. The molecule has 0 fully saturated rings. The van der Waals surface area contributed by atoms with Gasteiger partial charge in [-0.05, 0) is 31.3 Å². The Hall–Kier alpha value is -1.40. The van der Waals surface area contributed by atoms with Crippen LogP contribution in [0.2, 0.25) is 0 Å². The molecule has 2 amide bonds. The zero-order chi connectivity index (χ0) is 13.1. The molecule has 0 saturated carbocycles. The van der Waals surface area contributed by atoms with E-state index in [2.05, 4.69) is 0 Å². The molecule has 1 aromatic rings. The number of carbonyl (C=O) groups excluding carboxylic acids is 2. The third kappa shape index (κ3) is 2.39. The summed E-state index contributed by atoms with van der Waals surface area (Å²) < 4.78 is 5.44. The Morgan fingerprint density at radius 1 is 1.28 bits per heavy atom. The van der Waals surface area contributed by atoms with Crippen LogP contribution in [0.25, 0.3) is 0 Å². The fourth-order valence-electron chi connectivity index (χ4n) is 1.63. The Morgan fingerprint density at radius 3 is 2.33 bits per heavy atom. The Bertz CT molecular complexity index is 481. The van der Waals surface area contributed by atoms with Gasteiger partial charge < -0.3 is 4.74 Å². The van der Waals surface area contributed by atoms with Crippen molar-refractivity contribution < 1.29 is 14.3 Å². The number of benzene rings is 1. The predicted octanol–water partition coefficient (Wildman–Crippen LogP) is 2.29. The molecule has 0 spiro atoms. The highest BCUT2D eigenvalue weighted by Crippen LogP contribution is 2.24. The van der Waals surface area contributed by atoms with Crippen LogP contribution >= 0.6 is 24.0 Å². The van der Waals surface area contributed by atoms with Crippen molar-refractivity contribution in [1.82, 2.24) is 4.90 Å². The van der Waals surface area contributed by atoms with Gasteiger partial charge in [-0.25, -0.2) is 0 Å². The standard InChI is InChI=1S/C12H11NO3S2/c1-2-16-12(17)18-7-13-10(14)8-5-3-4-6-9(8)11(13)15/h3-6H,2,7H2,1H3. The Kier molecular flexibility index (Phi) is 3.98. The number of nitrogens with zero attached hydrogens (tertiary/aromatic N) is 1. The van der Waals surface area contributed by atoms with Crippen molar-refractivity contribution in [2.24, 2.45) is 0 Å². The summed E-state index contributed by atoms with van der Waals surface area (Å²) in [5.74, 6) is -0.365. The zero-order valence-corrected chi connectivity index (χ0v) is 11.3. The van der Waals surface area contributed by atoms with Gasteiger partial charge in [-0.1, -0.05) is 23.9 Å². The van der Waals surface area contributed by atoms with Crippen LogP contribution in [0.3, 0.4) is 0 Å². The summed E-state index contributed by atoms with van der Waals surface area (Å²) in [5, 5.41) is 0. The topological polar surface area (TPSA) is 46.6 Å². The van der Waals surface area contributed by atoms with E-state index in [0.717, 1.165) is 0 Å². The number of hydrogen-bond acceptors (Lipinski definition) is 5. The van der Waals surface area contributed by atoms with Crippen LogP contribution in [-0.2, 0) is 4.74 Å². The highest BCUT2D eigenvalue weighted by Gasteiger charge is 2.35. The van der Waals surface area contributed by atoms with Gasteiger partial charge in [0.15, 0.2) is 0 Å². The van der Waals surface area contributed by atoms with Crippen LogP contribution in [0.15, 0.2) is 24.3 Å². The first-order chi connectivity index (χ1) is 8.65. The van der Waals surface area contributed by atoms with Gasteiger partial charge in [-0.3, -0.25) is 14.5 Å². The molecule has 0 radical (unpaired) electrons. The largest absolute Gasteiger partial charge is 0.479 e. The Balaban J connectivity index is 2.07. The van der Waals surface area contributed by atoms with Gasteiger partial charge in [-0.2, -0.15) is 0 Å². The molecular weight excluding hydrogens is 270 g/mol. The van der Waals surface area contributed by atoms with Crippen molar-refractivity contribution in [2.45, 2.75) is 6.92 Å². The lowest BCUT2D eigenvalue weighted by atomic mass is 10.1. The number of thiocarbonyl (C=S) groups is 1. The molecule has 0 bridgehead atoms. The number of imide groups is 1. The lowest BCUT2D eigenvalue weighted by Crippen LogP contribution is -2.29. The summed E-state index contributed by atoms with van der Waals surface area (Å²) in [4.78, 5) is 25.2. The van der Waals surface area contributed by atoms with Gasteiger partial charge in [0.05, 0.1) is 23.6 Å². The molecule has 0 unspecified atom stereocenters. The van der Waals surface area contributed by atoms with E-state index in [4.69, 9.17) is 17.0 Å². The number of rotatable bonds is 3. The minimum Gasteiger partial charge on any atom is -0.479 e. The fraction of sp³-hybridized carbons (Fsp3) is 0.250. The van der Waals surface area contributed by atoms with Crippen molar-refractivity contribution in [2.75, 3.05) is 12.5 Å². The van der Waals surface area contributed by atoms with Gasteiger partial charge in [0, 0.05) is 0 Å². The second kappa shape index (κ2) is 5.49. The van der Waals surface area contributed by atoms with Crippen LogP contribution in [-0.4, -0.2) is 33.6 Å². The molecule has 0 atom stereocenters. The second-order valence-corrected chi connectivity index (χ2v) is 5.09.